The summed E-state index contributed by atoms with van der Waals surface area (Å²) in [7, 11) is 0. The van der Waals surface area contributed by atoms with Gasteiger partial charge in [-0.15, -0.1) is 0 Å². The second kappa shape index (κ2) is 3.96. The minimum absolute atomic E-state index is 0.0515. The van der Waals surface area contributed by atoms with Crippen LogP contribution in [0.25, 0.3) is 0 Å². The van der Waals surface area contributed by atoms with Gasteiger partial charge in [0, 0.05) is 19.6 Å². The van der Waals surface area contributed by atoms with Crippen molar-refractivity contribution in [3.63, 3.8) is 0 Å². The first-order valence-corrected chi connectivity index (χ1v) is 4.94. The van der Waals surface area contributed by atoms with E-state index in [4.69, 9.17) is 5.73 Å². The van der Waals surface area contributed by atoms with Crippen LogP contribution in [-0.4, -0.2) is 36.1 Å². The third kappa shape index (κ3) is 1.77. The molecule has 1 aliphatic rings. The highest BCUT2D eigenvalue weighted by molar-refractivity contribution is 5.73. The van der Waals surface area contributed by atoms with Crippen molar-refractivity contribution in [1.29, 1.82) is 0 Å². The molecule has 0 radical (unpaired) electrons. The molecule has 1 heterocycles. The van der Waals surface area contributed by atoms with E-state index in [-0.39, 0.29) is 11.6 Å². The summed E-state index contributed by atoms with van der Waals surface area (Å²) < 4.78 is 0. The van der Waals surface area contributed by atoms with Gasteiger partial charge in [0.05, 0.1) is 5.54 Å². The maximum absolute atomic E-state index is 11.2. The number of nitrogens with one attached hydrogen (secondary N) is 1. The first kappa shape index (κ1) is 10.3. The molecule has 2 amide bonds. The summed E-state index contributed by atoms with van der Waals surface area (Å²) in [5, 5.41) is 3.31. The highest BCUT2D eigenvalue weighted by Gasteiger charge is 2.37. The van der Waals surface area contributed by atoms with E-state index in [1.54, 1.807) is 0 Å². The SMILES string of the molecule is CCC1(CC)CNCCN1C(N)=O. The van der Waals surface area contributed by atoms with Crippen LogP contribution in [-0.2, 0) is 0 Å². The molecule has 4 nitrogen and oxygen atoms in total. The quantitative estimate of drug-likeness (QED) is 0.659. The summed E-state index contributed by atoms with van der Waals surface area (Å²) in [5.74, 6) is 0. The van der Waals surface area contributed by atoms with Crippen LogP contribution in [0.1, 0.15) is 26.7 Å². The molecule has 1 rings (SSSR count). The molecule has 0 aromatic carbocycles. The largest absolute Gasteiger partial charge is 0.351 e. The van der Waals surface area contributed by atoms with Gasteiger partial charge < -0.3 is 16.0 Å². The Morgan fingerprint density at radius 2 is 2.15 bits per heavy atom. The first-order valence-electron chi connectivity index (χ1n) is 4.94. The predicted octanol–water partition coefficient (Wildman–Crippen LogP) is 0.529. The minimum atomic E-state index is -0.287. The molecule has 3 N–H and O–H groups in total. The van der Waals surface area contributed by atoms with E-state index in [9.17, 15) is 4.79 Å². The molecule has 0 aromatic heterocycles. The van der Waals surface area contributed by atoms with Crippen molar-refractivity contribution in [1.82, 2.24) is 10.2 Å². The lowest BCUT2D eigenvalue weighted by Gasteiger charge is -2.46. The van der Waals surface area contributed by atoms with Crippen molar-refractivity contribution in [3.8, 4) is 0 Å². The number of nitrogens with two attached hydrogens (primary N) is 1. The number of carbonyl (C=O) groups excluding carboxylic acids is 1. The molecule has 0 aromatic rings. The Balaban J connectivity index is 2.81. The zero-order valence-electron chi connectivity index (χ0n) is 8.47. The molecule has 0 saturated carbocycles. The van der Waals surface area contributed by atoms with Gasteiger partial charge in [-0.2, -0.15) is 0 Å². The Bertz CT molecular complexity index is 189. The third-order valence-electron chi connectivity index (χ3n) is 3.12. The number of hydrogen-bond donors (Lipinski definition) is 2. The van der Waals surface area contributed by atoms with Crippen LogP contribution in [0.15, 0.2) is 0 Å². The summed E-state index contributed by atoms with van der Waals surface area (Å²) in [5.41, 5.74) is 5.30. The lowest BCUT2D eigenvalue weighted by atomic mass is 9.89. The van der Waals surface area contributed by atoms with Crippen molar-refractivity contribution in [2.24, 2.45) is 5.73 Å². The van der Waals surface area contributed by atoms with Crippen molar-refractivity contribution in [2.75, 3.05) is 19.6 Å². The molecular weight excluding hydrogens is 166 g/mol. The standard InChI is InChI=1S/C9H19N3O/c1-3-9(4-2)7-11-5-6-12(9)8(10)13/h11H,3-7H2,1-2H3,(H2,10,13). The van der Waals surface area contributed by atoms with Crippen molar-refractivity contribution in [2.45, 2.75) is 32.2 Å². The highest BCUT2D eigenvalue weighted by Crippen LogP contribution is 2.24. The maximum atomic E-state index is 11.2. The molecule has 0 bridgehead atoms. The van der Waals surface area contributed by atoms with Gasteiger partial charge in [0.25, 0.3) is 0 Å². The third-order valence-corrected chi connectivity index (χ3v) is 3.12. The second-order valence-electron chi connectivity index (χ2n) is 3.60. The lowest BCUT2D eigenvalue weighted by molar-refractivity contribution is 0.0860. The van der Waals surface area contributed by atoms with Crippen molar-refractivity contribution in [3.05, 3.63) is 0 Å². The summed E-state index contributed by atoms with van der Waals surface area (Å²) in [4.78, 5) is 13.0. The normalized spacial score (nSPS) is 21.5. The average molecular weight is 185 g/mol. The van der Waals surface area contributed by atoms with E-state index in [1.165, 1.54) is 0 Å². The van der Waals surface area contributed by atoms with Gasteiger partial charge in [0.2, 0.25) is 0 Å². The molecule has 1 fully saturated rings. The fourth-order valence-electron chi connectivity index (χ4n) is 2.07. The number of primary amides is 1. The fourth-order valence-corrected chi connectivity index (χ4v) is 2.07. The second-order valence-corrected chi connectivity index (χ2v) is 3.60. The number of nitrogens with zero attached hydrogens (tertiary/aromatic N) is 1. The number of rotatable bonds is 2. The first-order chi connectivity index (χ1) is 6.16. The van der Waals surface area contributed by atoms with Crippen LogP contribution in [0, 0.1) is 0 Å². The molecule has 0 unspecified atom stereocenters. The number of amides is 2. The van der Waals surface area contributed by atoms with E-state index in [0.717, 1.165) is 32.5 Å². The van der Waals surface area contributed by atoms with Crippen molar-refractivity contribution >= 4 is 6.03 Å². The lowest BCUT2D eigenvalue weighted by Crippen LogP contribution is -2.63. The Morgan fingerprint density at radius 1 is 1.54 bits per heavy atom. The van der Waals surface area contributed by atoms with E-state index in [2.05, 4.69) is 19.2 Å². The molecule has 4 heteroatoms. The predicted molar refractivity (Wildman–Crippen MR) is 52.5 cm³/mol. The molecular formula is C9H19N3O. The molecule has 0 spiro atoms. The van der Waals surface area contributed by atoms with Crippen LogP contribution >= 0.6 is 0 Å². The summed E-state index contributed by atoms with van der Waals surface area (Å²) >= 11 is 0. The Labute approximate surface area is 79.5 Å². The van der Waals surface area contributed by atoms with Gasteiger partial charge >= 0.3 is 6.03 Å². The van der Waals surface area contributed by atoms with E-state index in [0.29, 0.717) is 0 Å². The maximum Gasteiger partial charge on any atom is 0.315 e. The number of carbonyl (C=O) groups is 1. The molecule has 1 saturated heterocycles. The van der Waals surface area contributed by atoms with Gasteiger partial charge in [-0.3, -0.25) is 0 Å². The smallest absolute Gasteiger partial charge is 0.315 e. The van der Waals surface area contributed by atoms with Crippen LogP contribution in [0.2, 0.25) is 0 Å². The zero-order chi connectivity index (χ0) is 9.90. The topological polar surface area (TPSA) is 58.4 Å². The monoisotopic (exact) mass is 185 g/mol. The molecule has 1 aliphatic heterocycles. The van der Waals surface area contributed by atoms with Crippen molar-refractivity contribution < 1.29 is 4.79 Å². The van der Waals surface area contributed by atoms with Gasteiger partial charge in [-0.25, -0.2) is 4.79 Å². The van der Waals surface area contributed by atoms with Gasteiger partial charge in [-0.05, 0) is 12.8 Å². The Hall–Kier alpha value is -0.770. The van der Waals surface area contributed by atoms with Gasteiger partial charge in [0.15, 0.2) is 0 Å². The average Bonchev–Trinajstić information content (AvgIpc) is 2.17. The molecule has 0 aliphatic carbocycles. The molecule has 76 valence electrons. The highest BCUT2D eigenvalue weighted by atomic mass is 16.2. The van der Waals surface area contributed by atoms with Crippen LogP contribution in [0.5, 0.6) is 0 Å². The van der Waals surface area contributed by atoms with E-state index < -0.39 is 0 Å². The Kier molecular flexibility index (Phi) is 3.14. The number of urea groups is 1. The van der Waals surface area contributed by atoms with E-state index in [1.807, 2.05) is 4.90 Å². The van der Waals surface area contributed by atoms with Crippen LogP contribution < -0.4 is 11.1 Å². The van der Waals surface area contributed by atoms with Crippen LogP contribution in [0.4, 0.5) is 4.79 Å². The minimum Gasteiger partial charge on any atom is -0.351 e. The summed E-state index contributed by atoms with van der Waals surface area (Å²) in [6.07, 6.45) is 1.92. The summed E-state index contributed by atoms with van der Waals surface area (Å²) in [6.45, 7) is 6.66. The Morgan fingerprint density at radius 3 is 2.54 bits per heavy atom. The molecule has 13 heavy (non-hydrogen) atoms. The fraction of sp³-hybridized carbons (Fsp3) is 0.889. The number of hydrogen-bond acceptors (Lipinski definition) is 2. The van der Waals surface area contributed by atoms with Crippen LogP contribution in [0.3, 0.4) is 0 Å². The van der Waals surface area contributed by atoms with Gasteiger partial charge in [-0.1, -0.05) is 13.8 Å². The zero-order valence-corrected chi connectivity index (χ0v) is 8.47. The molecule has 0 atom stereocenters. The van der Waals surface area contributed by atoms with Gasteiger partial charge in [0.1, 0.15) is 0 Å². The summed E-state index contributed by atoms with van der Waals surface area (Å²) in [6, 6.07) is -0.287. The number of piperazine rings is 1. The van der Waals surface area contributed by atoms with E-state index >= 15 is 0 Å².